The van der Waals surface area contributed by atoms with Gasteiger partial charge in [-0.2, -0.15) is 4.31 Å². The van der Waals surface area contributed by atoms with Gasteiger partial charge in [0.15, 0.2) is 6.10 Å². The van der Waals surface area contributed by atoms with Crippen molar-refractivity contribution >= 4 is 27.3 Å². The van der Waals surface area contributed by atoms with E-state index in [1.165, 1.54) is 4.31 Å². The quantitative estimate of drug-likeness (QED) is 0.645. The van der Waals surface area contributed by atoms with Crippen LogP contribution in [0.2, 0.25) is 0 Å². The van der Waals surface area contributed by atoms with E-state index < -0.39 is 16.1 Å². The van der Waals surface area contributed by atoms with Crippen LogP contribution in [-0.4, -0.2) is 64.1 Å². The van der Waals surface area contributed by atoms with Gasteiger partial charge in [0, 0.05) is 26.2 Å². The molecule has 0 radical (unpaired) electrons. The fourth-order valence-corrected chi connectivity index (χ4v) is 5.71. The zero-order valence-corrected chi connectivity index (χ0v) is 20.9. The molecule has 9 heteroatoms. The highest BCUT2D eigenvalue weighted by atomic mass is 32.2. The second-order valence-electron chi connectivity index (χ2n) is 8.84. The number of hydrogen-bond acceptors (Lipinski definition) is 6. The molecule has 1 unspecified atom stereocenters. The molecule has 1 atom stereocenters. The van der Waals surface area contributed by atoms with Gasteiger partial charge < -0.3 is 19.7 Å². The zero-order chi connectivity index (χ0) is 24.3. The first-order valence-electron chi connectivity index (χ1n) is 11.8. The predicted octanol–water partition coefficient (Wildman–Crippen LogP) is 3.33. The number of hydrogen-bond donors (Lipinski definition) is 1. The van der Waals surface area contributed by atoms with Gasteiger partial charge in [0.2, 0.25) is 10.0 Å². The summed E-state index contributed by atoms with van der Waals surface area (Å²) in [5.74, 6) is 0.327. The lowest BCUT2D eigenvalue weighted by molar-refractivity contribution is -0.122. The molecule has 0 aromatic heterocycles. The molecule has 0 saturated carbocycles. The van der Waals surface area contributed by atoms with E-state index in [9.17, 15) is 13.2 Å². The molecule has 2 saturated heterocycles. The van der Waals surface area contributed by atoms with Crippen molar-refractivity contribution in [3.8, 4) is 5.75 Å². The Morgan fingerprint density at radius 2 is 1.76 bits per heavy atom. The van der Waals surface area contributed by atoms with Crippen molar-refractivity contribution in [1.82, 2.24) is 4.31 Å². The number of benzene rings is 2. The predicted molar refractivity (Wildman–Crippen MR) is 132 cm³/mol. The van der Waals surface area contributed by atoms with Gasteiger partial charge in [-0.3, -0.25) is 4.79 Å². The monoisotopic (exact) mass is 487 g/mol. The van der Waals surface area contributed by atoms with Crippen LogP contribution in [0.15, 0.2) is 41.3 Å². The highest BCUT2D eigenvalue weighted by Crippen LogP contribution is 2.33. The second-order valence-corrected chi connectivity index (χ2v) is 10.8. The van der Waals surface area contributed by atoms with Gasteiger partial charge in [-0.05, 0) is 69.0 Å². The molecule has 184 valence electrons. The molecule has 0 aliphatic carbocycles. The summed E-state index contributed by atoms with van der Waals surface area (Å²) in [6.07, 6.45) is 1.37. The van der Waals surface area contributed by atoms with Crippen molar-refractivity contribution in [3.63, 3.8) is 0 Å². The van der Waals surface area contributed by atoms with E-state index >= 15 is 0 Å². The van der Waals surface area contributed by atoms with E-state index in [2.05, 4.69) is 10.2 Å². The van der Waals surface area contributed by atoms with E-state index in [0.717, 1.165) is 42.7 Å². The van der Waals surface area contributed by atoms with Crippen LogP contribution in [0.3, 0.4) is 0 Å². The maximum Gasteiger partial charge on any atom is 0.265 e. The number of amides is 1. The minimum absolute atomic E-state index is 0.163. The van der Waals surface area contributed by atoms with Gasteiger partial charge >= 0.3 is 0 Å². The fourth-order valence-electron chi connectivity index (χ4n) is 4.28. The first kappa shape index (κ1) is 24.5. The van der Waals surface area contributed by atoms with Crippen LogP contribution < -0.4 is 15.0 Å². The molecule has 1 amide bonds. The summed E-state index contributed by atoms with van der Waals surface area (Å²) in [5.41, 5.74) is 3.38. The molecule has 2 aromatic carbocycles. The summed E-state index contributed by atoms with van der Waals surface area (Å²) in [4.78, 5) is 15.5. The van der Waals surface area contributed by atoms with Crippen molar-refractivity contribution in [2.24, 2.45) is 0 Å². The molecule has 8 nitrogen and oxygen atoms in total. The van der Waals surface area contributed by atoms with Crippen LogP contribution in [-0.2, 0) is 19.6 Å². The summed E-state index contributed by atoms with van der Waals surface area (Å²) in [6, 6.07) is 10.7. The van der Waals surface area contributed by atoms with Gasteiger partial charge in [0.05, 0.1) is 29.5 Å². The maximum absolute atomic E-state index is 13.2. The SMILES string of the molecule is Cc1cccc(OC(C)C(=O)Nc2cc(S(=O)(=O)N3CCOCC3)ccc2N2CCCC2)c1C. The van der Waals surface area contributed by atoms with Crippen molar-refractivity contribution < 1.29 is 22.7 Å². The topological polar surface area (TPSA) is 88.2 Å². The van der Waals surface area contributed by atoms with Gasteiger partial charge in [-0.1, -0.05) is 12.1 Å². The summed E-state index contributed by atoms with van der Waals surface area (Å²) in [7, 11) is -3.69. The first-order chi connectivity index (χ1) is 16.3. The Balaban J connectivity index is 1.59. The normalized spacial score (nSPS) is 18.0. The Morgan fingerprint density at radius 1 is 1.06 bits per heavy atom. The molecule has 0 spiro atoms. The molecule has 2 aromatic rings. The lowest BCUT2D eigenvalue weighted by Crippen LogP contribution is -2.40. The third-order valence-corrected chi connectivity index (χ3v) is 8.40. The van der Waals surface area contributed by atoms with Gasteiger partial charge in [0.1, 0.15) is 5.75 Å². The van der Waals surface area contributed by atoms with Crippen LogP contribution in [0.5, 0.6) is 5.75 Å². The number of nitrogens with zero attached hydrogens (tertiary/aromatic N) is 2. The summed E-state index contributed by atoms with van der Waals surface area (Å²) in [6.45, 7) is 8.78. The number of anilines is 2. The minimum Gasteiger partial charge on any atom is -0.481 e. The van der Waals surface area contributed by atoms with E-state index in [-0.39, 0.29) is 10.8 Å². The lowest BCUT2D eigenvalue weighted by Gasteiger charge is -2.27. The van der Waals surface area contributed by atoms with E-state index in [1.54, 1.807) is 25.1 Å². The highest BCUT2D eigenvalue weighted by Gasteiger charge is 2.28. The van der Waals surface area contributed by atoms with Crippen LogP contribution >= 0.6 is 0 Å². The van der Waals surface area contributed by atoms with E-state index in [4.69, 9.17) is 9.47 Å². The number of sulfonamides is 1. The summed E-state index contributed by atoms with van der Waals surface area (Å²) < 4.78 is 39.1. The van der Waals surface area contributed by atoms with Crippen molar-refractivity contribution in [1.29, 1.82) is 0 Å². The Morgan fingerprint density at radius 3 is 2.47 bits per heavy atom. The molecule has 2 aliphatic rings. The zero-order valence-electron chi connectivity index (χ0n) is 20.0. The van der Waals surface area contributed by atoms with Crippen molar-refractivity contribution in [2.45, 2.75) is 44.6 Å². The molecular weight excluding hydrogens is 454 g/mol. The third-order valence-electron chi connectivity index (χ3n) is 6.51. The smallest absolute Gasteiger partial charge is 0.265 e. The van der Waals surface area contributed by atoms with Crippen LogP contribution in [0.1, 0.15) is 30.9 Å². The Hall–Kier alpha value is -2.62. The summed E-state index contributed by atoms with van der Waals surface area (Å²) in [5, 5.41) is 2.94. The van der Waals surface area contributed by atoms with Crippen LogP contribution in [0, 0.1) is 13.8 Å². The Bertz CT molecular complexity index is 1140. The first-order valence-corrected chi connectivity index (χ1v) is 13.2. The van der Waals surface area contributed by atoms with Crippen molar-refractivity contribution in [3.05, 3.63) is 47.5 Å². The number of carbonyl (C=O) groups excluding carboxylic acids is 1. The Labute approximate surface area is 201 Å². The number of carbonyl (C=O) groups is 1. The number of morpholine rings is 1. The molecule has 2 aliphatic heterocycles. The van der Waals surface area contributed by atoms with Crippen LogP contribution in [0.25, 0.3) is 0 Å². The van der Waals surface area contributed by atoms with Gasteiger partial charge in [0.25, 0.3) is 5.91 Å². The average Bonchev–Trinajstić information content (AvgIpc) is 3.37. The second kappa shape index (κ2) is 10.3. The fraction of sp³-hybridized carbons (Fsp3) is 0.480. The van der Waals surface area contributed by atoms with E-state index in [0.29, 0.717) is 37.7 Å². The maximum atomic E-state index is 13.2. The summed E-state index contributed by atoms with van der Waals surface area (Å²) >= 11 is 0. The molecule has 0 bridgehead atoms. The number of ether oxygens (including phenoxy) is 2. The van der Waals surface area contributed by atoms with Crippen LogP contribution in [0.4, 0.5) is 11.4 Å². The van der Waals surface area contributed by atoms with Gasteiger partial charge in [-0.25, -0.2) is 8.42 Å². The minimum atomic E-state index is -3.69. The third kappa shape index (κ3) is 5.21. The number of aryl methyl sites for hydroxylation is 1. The molecule has 2 heterocycles. The lowest BCUT2D eigenvalue weighted by atomic mass is 10.1. The largest absolute Gasteiger partial charge is 0.481 e. The number of nitrogens with one attached hydrogen (secondary N) is 1. The average molecular weight is 488 g/mol. The highest BCUT2D eigenvalue weighted by molar-refractivity contribution is 7.89. The Kier molecular flexibility index (Phi) is 7.45. The molecule has 1 N–H and O–H groups in total. The molecular formula is C25H33N3O5S. The standard InChI is InChI=1S/C25H33N3O5S/c1-18-7-6-8-24(19(18)2)33-20(3)25(29)26-22-17-21(9-10-23(22)27-11-4-5-12-27)34(30,31)28-13-15-32-16-14-28/h6-10,17,20H,4-5,11-16H2,1-3H3,(H,26,29). The molecule has 34 heavy (non-hydrogen) atoms. The van der Waals surface area contributed by atoms with E-state index in [1.807, 2.05) is 32.0 Å². The molecule has 2 fully saturated rings. The van der Waals surface area contributed by atoms with Gasteiger partial charge in [-0.15, -0.1) is 0 Å². The van der Waals surface area contributed by atoms with Crippen molar-refractivity contribution in [2.75, 3.05) is 49.6 Å². The number of rotatable bonds is 7. The molecule has 4 rings (SSSR count).